The molecule has 0 radical (unpaired) electrons. The molecule has 3 fully saturated rings. The van der Waals surface area contributed by atoms with Crippen molar-refractivity contribution in [2.75, 3.05) is 13.7 Å². The minimum absolute atomic E-state index is 0.0517. The molecular weight excluding hydrogens is 496 g/mol. The normalized spacial score (nSPS) is 40.6. The standard InChI is InChI=1S/C32H40O7/c1-8-16(2)29(35)39-24-13-23(33)32(6)22-11-19-17(3)25(18-9-10-37-14-18)21(36-7)12-20(19)31(22,5)28(34)26-27(32)30(24,4)15-38-26/h8-10,12,14,22-24,26-28,33-34H,11,13,15H2,1-7H3/t22-,23-,24+,26+,27-,28+,30+,31-,32-/m0/s1. The molecule has 3 aliphatic carbocycles. The molecule has 2 saturated carbocycles. The van der Waals surface area contributed by atoms with Gasteiger partial charge in [0.05, 0.1) is 44.6 Å². The van der Waals surface area contributed by atoms with E-state index in [1.54, 1.807) is 32.6 Å². The van der Waals surface area contributed by atoms with Gasteiger partial charge in [-0.15, -0.1) is 0 Å². The first-order valence-corrected chi connectivity index (χ1v) is 14.0. The number of aliphatic hydroxyl groups is 2. The van der Waals surface area contributed by atoms with Crippen molar-refractivity contribution in [2.45, 2.75) is 84.2 Å². The Hall–Kier alpha value is -2.61. The SMILES string of the molecule is CC=C(C)C(=O)O[C@@H]1C[C@H](O)[C@@]2(C)[C@H]3[C@@H](OC[C@]13C)[C@@H](O)[C@@]1(C)c3cc(OC)c(-c4ccoc4)c(C)c3C[C@@H]12. The first kappa shape index (κ1) is 26.6. The maximum atomic E-state index is 12.8. The molecule has 1 aromatic heterocycles. The van der Waals surface area contributed by atoms with Crippen LogP contribution >= 0.6 is 0 Å². The van der Waals surface area contributed by atoms with Crippen LogP contribution in [0, 0.1) is 29.6 Å². The topological polar surface area (TPSA) is 98.4 Å². The van der Waals surface area contributed by atoms with E-state index < -0.39 is 40.7 Å². The average molecular weight is 537 g/mol. The Balaban J connectivity index is 1.48. The summed E-state index contributed by atoms with van der Waals surface area (Å²) in [6.45, 7) is 12.4. The third-order valence-electron chi connectivity index (χ3n) is 11.3. The Kier molecular flexibility index (Phi) is 5.93. The van der Waals surface area contributed by atoms with Crippen molar-refractivity contribution in [3.05, 3.63) is 53.0 Å². The van der Waals surface area contributed by atoms with Crippen LogP contribution < -0.4 is 4.74 Å². The predicted octanol–water partition coefficient (Wildman–Crippen LogP) is 4.74. The van der Waals surface area contributed by atoms with Crippen LogP contribution in [-0.2, 0) is 26.1 Å². The fourth-order valence-corrected chi connectivity index (χ4v) is 9.05. The lowest BCUT2D eigenvalue weighted by molar-refractivity contribution is -0.235. The van der Waals surface area contributed by atoms with Gasteiger partial charge in [0, 0.05) is 45.3 Å². The van der Waals surface area contributed by atoms with Gasteiger partial charge in [-0.1, -0.05) is 26.8 Å². The lowest BCUT2D eigenvalue weighted by Crippen LogP contribution is -2.71. The highest BCUT2D eigenvalue weighted by molar-refractivity contribution is 5.87. The van der Waals surface area contributed by atoms with Crippen LogP contribution in [0.1, 0.15) is 57.7 Å². The van der Waals surface area contributed by atoms with E-state index in [9.17, 15) is 15.0 Å². The number of hydrogen-bond acceptors (Lipinski definition) is 7. The van der Waals surface area contributed by atoms with Gasteiger partial charge in [-0.25, -0.2) is 4.79 Å². The molecule has 0 amide bonds. The number of carbonyl (C=O) groups is 1. The van der Waals surface area contributed by atoms with Gasteiger partial charge >= 0.3 is 5.97 Å². The summed E-state index contributed by atoms with van der Waals surface area (Å²) in [6, 6.07) is 4.01. The molecule has 0 spiro atoms. The quantitative estimate of drug-likeness (QED) is 0.430. The second kappa shape index (κ2) is 8.69. The van der Waals surface area contributed by atoms with E-state index in [4.69, 9.17) is 18.6 Å². The molecule has 7 heteroatoms. The van der Waals surface area contributed by atoms with Crippen LogP contribution in [0.15, 0.2) is 40.7 Å². The van der Waals surface area contributed by atoms with Gasteiger partial charge in [0.25, 0.3) is 0 Å². The lowest BCUT2D eigenvalue weighted by Gasteiger charge is -2.64. The van der Waals surface area contributed by atoms with E-state index in [0.717, 1.165) is 34.4 Å². The number of allylic oxidation sites excluding steroid dienone is 1. The lowest BCUT2D eigenvalue weighted by atomic mass is 9.41. The maximum absolute atomic E-state index is 12.8. The number of hydrogen-bond donors (Lipinski definition) is 2. The largest absolute Gasteiger partial charge is 0.496 e. The summed E-state index contributed by atoms with van der Waals surface area (Å²) in [7, 11) is 1.67. The highest BCUT2D eigenvalue weighted by Gasteiger charge is 2.75. The van der Waals surface area contributed by atoms with Crippen molar-refractivity contribution in [1.82, 2.24) is 0 Å². The van der Waals surface area contributed by atoms with Crippen LogP contribution in [0.25, 0.3) is 11.1 Å². The summed E-state index contributed by atoms with van der Waals surface area (Å²) in [4.78, 5) is 12.8. The zero-order valence-electron chi connectivity index (χ0n) is 23.9. The molecule has 9 atom stereocenters. The fourth-order valence-electron chi connectivity index (χ4n) is 9.05. The Morgan fingerprint density at radius 2 is 1.97 bits per heavy atom. The Bertz CT molecular complexity index is 1340. The Labute approximate surface area is 230 Å². The van der Waals surface area contributed by atoms with Gasteiger partial charge in [0.15, 0.2) is 0 Å². The molecule has 210 valence electrons. The van der Waals surface area contributed by atoms with E-state index >= 15 is 0 Å². The van der Waals surface area contributed by atoms with Gasteiger partial charge < -0.3 is 28.8 Å². The van der Waals surface area contributed by atoms with Crippen molar-refractivity contribution < 1.29 is 33.6 Å². The fraction of sp³-hybridized carbons (Fsp3) is 0.594. The molecule has 39 heavy (non-hydrogen) atoms. The summed E-state index contributed by atoms with van der Waals surface area (Å²) in [5.74, 6) is 0.133. The van der Waals surface area contributed by atoms with E-state index in [2.05, 4.69) is 33.8 Å². The third-order valence-corrected chi connectivity index (χ3v) is 11.3. The molecule has 1 saturated heterocycles. The van der Waals surface area contributed by atoms with Crippen LogP contribution in [0.2, 0.25) is 0 Å². The van der Waals surface area contributed by atoms with E-state index in [-0.39, 0.29) is 17.8 Å². The highest BCUT2D eigenvalue weighted by atomic mass is 16.6. The summed E-state index contributed by atoms with van der Waals surface area (Å²) in [6.07, 6.45) is 3.65. The molecule has 2 N–H and O–H groups in total. The smallest absolute Gasteiger partial charge is 0.333 e. The van der Waals surface area contributed by atoms with Gasteiger partial charge in [0.1, 0.15) is 11.9 Å². The van der Waals surface area contributed by atoms with Gasteiger partial charge in [-0.05, 0) is 61.9 Å². The number of ether oxygens (including phenoxy) is 3. The molecule has 1 aliphatic heterocycles. The van der Waals surface area contributed by atoms with Crippen molar-refractivity contribution in [3.63, 3.8) is 0 Å². The van der Waals surface area contributed by atoms with Crippen molar-refractivity contribution >= 4 is 5.97 Å². The first-order chi connectivity index (χ1) is 18.4. The third kappa shape index (κ3) is 3.24. The molecule has 2 heterocycles. The minimum Gasteiger partial charge on any atom is -0.496 e. The van der Waals surface area contributed by atoms with E-state index in [1.807, 2.05) is 13.0 Å². The molecular formula is C32H40O7. The summed E-state index contributed by atoms with van der Waals surface area (Å²) >= 11 is 0. The average Bonchev–Trinajstić information content (AvgIpc) is 3.64. The molecule has 0 unspecified atom stereocenters. The summed E-state index contributed by atoms with van der Waals surface area (Å²) in [5, 5.41) is 24.1. The molecule has 4 aliphatic rings. The maximum Gasteiger partial charge on any atom is 0.333 e. The van der Waals surface area contributed by atoms with Crippen molar-refractivity contribution in [1.29, 1.82) is 0 Å². The second-order valence-electron chi connectivity index (χ2n) is 12.8. The summed E-state index contributed by atoms with van der Waals surface area (Å²) in [5.41, 5.74) is 4.06. The van der Waals surface area contributed by atoms with E-state index in [1.165, 1.54) is 5.56 Å². The number of benzene rings is 1. The zero-order chi connectivity index (χ0) is 28.1. The molecule has 1 aromatic carbocycles. The second-order valence-corrected chi connectivity index (χ2v) is 12.8. The van der Waals surface area contributed by atoms with Crippen molar-refractivity contribution in [3.8, 4) is 16.9 Å². The number of methoxy groups -OCH3 is 1. The summed E-state index contributed by atoms with van der Waals surface area (Å²) < 4.78 is 23.8. The number of furan rings is 1. The number of carbonyl (C=O) groups excluding carboxylic acids is 1. The monoisotopic (exact) mass is 536 g/mol. The van der Waals surface area contributed by atoms with Gasteiger partial charge in [-0.2, -0.15) is 0 Å². The Morgan fingerprint density at radius 1 is 1.23 bits per heavy atom. The predicted molar refractivity (Wildman–Crippen MR) is 145 cm³/mol. The molecule has 0 bridgehead atoms. The molecule has 7 nitrogen and oxygen atoms in total. The Morgan fingerprint density at radius 3 is 2.62 bits per heavy atom. The van der Waals surface area contributed by atoms with Crippen LogP contribution in [-0.4, -0.2) is 54.3 Å². The zero-order valence-corrected chi connectivity index (χ0v) is 23.9. The van der Waals surface area contributed by atoms with E-state index in [0.29, 0.717) is 18.6 Å². The van der Waals surface area contributed by atoms with Gasteiger partial charge in [-0.3, -0.25) is 0 Å². The van der Waals surface area contributed by atoms with Crippen LogP contribution in [0.5, 0.6) is 5.75 Å². The van der Waals surface area contributed by atoms with Gasteiger partial charge in [0.2, 0.25) is 0 Å². The number of esters is 1. The molecule has 2 aromatic rings. The molecule has 6 rings (SSSR count). The minimum atomic E-state index is -0.800. The highest BCUT2D eigenvalue weighted by Crippen LogP contribution is 2.71. The van der Waals surface area contributed by atoms with Crippen LogP contribution in [0.4, 0.5) is 0 Å². The number of rotatable bonds is 4. The number of aliphatic hydroxyl groups excluding tert-OH is 2. The van der Waals surface area contributed by atoms with Crippen LogP contribution in [0.3, 0.4) is 0 Å². The first-order valence-electron chi connectivity index (χ1n) is 14.0. The number of fused-ring (bicyclic) bond motifs is 4. The van der Waals surface area contributed by atoms with Crippen molar-refractivity contribution in [2.24, 2.45) is 22.7 Å².